The van der Waals surface area contributed by atoms with Crippen LogP contribution in [0.3, 0.4) is 0 Å². The Kier molecular flexibility index (Phi) is 6.23. The summed E-state index contributed by atoms with van der Waals surface area (Å²) in [6.45, 7) is 4.36. The van der Waals surface area contributed by atoms with Gasteiger partial charge in [0.25, 0.3) is 5.56 Å². The number of para-hydroxylation sites is 1. The van der Waals surface area contributed by atoms with Crippen LogP contribution in [0.25, 0.3) is 11.3 Å². The number of benzene rings is 1. The van der Waals surface area contributed by atoms with E-state index in [1.807, 2.05) is 12.1 Å². The van der Waals surface area contributed by atoms with Crippen molar-refractivity contribution in [1.82, 2.24) is 14.7 Å². The maximum absolute atomic E-state index is 12.0. The van der Waals surface area contributed by atoms with Crippen LogP contribution in [0.5, 0.6) is 5.75 Å². The minimum atomic E-state index is -0.0868. The molecule has 1 aliphatic rings. The van der Waals surface area contributed by atoms with Gasteiger partial charge in [-0.25, -0.2) is 4.68 Å². The number of nitrogens with zero attached hydrogens (tertiary/aromatic N) is 3. The molecule has 3 rings (SSSR count). The third-order valence-corrected chi connectivity index (χ3v) is 4.84. The fourth-order valence-corrected chi connectivity index (χ4v) is 3.40. The van der Waals surface area contributed by atoms with Crippen LogP contribution in [0.4, 0.5) is 0 Å². The summed E-state index contributed by atoms with van der Waals surface area (Å²) in [6, 6.07) is 10.3. The Balaban J connectivity index is 1.49. The van der Waals surface area contributed by atoms with Crippen LogP contribution in [-0.4, -0.2) is 39.4 Å². The molecule has 134 valence electrons. The lowest BCUT2D eigenvalue weighted by Crippen LogP contribution is -2.22. The highest BCUT2D eigenvalue weighted by atomic mass is 16.3. The highest BCUT2D eigenvalue weighted by Gasteiger charge is 2.10. The molecule has 2 aromatic rings. The van der Waals surface area contributed by atoms with Gasteiger partial charge in [0.15, 0.2) is 0 Å². The third kappa shape index (κ3) is 4.92. The normalized spacial score (nSPS) is 14.9. The van der Waals surface area contributed by atoms with Crippen LogP contribution in [0.15, 0.2) is 41.2 Å². The number of rotatable bonds is 8. The van der Waals surface area contributed by atoms with Crippen molar-refractivity contribution in [3.8, 4) is 17.0 Å². The molecular weight excluding hydrogens is 314 g/mol. The molecule has 1 aromatic heterocycles. The van der Waals surface area contributed by atoms with Gasteiger partial charge in [0.1, 0.15) is 5.75 Å². The lowest BCUT2D eigenvalue weighted by Gasteiger charge is -2.13. The second-order valence-electron chi connectivity index (χ2n) is 6.76. The first-order valence-electron chi connectivity index (χ1n) is 9.33. The van der Waals surface area contributed by atoms with Crippen LogP contribution in [0.2, 0.25) is 0 Å². The molecule has 1 aromatic carbocycles. The fraction of sp³-hybridized carbons (Fsp3) is 0.500. The number of phenolic OH excluding ortho intramolecular Hbond substituents is 1. The summed E-state index contributed by atoms with van der Waals surface area (Å²) in [5, 5.41) is 14.4. The lowest BCUT2D eigenvalue weighted by molar-refractivity contribution is 0.327. The molecule has 0 atom stereocenters. The van der Waals surface area contributed by atoms with Crippen molar-refractivity contribution in [2.24, 2.45) is 0 Å². The molecule has 0 radical (unpaired) electrons. The Hall–Kier alpha value is -2.14. The number of aromatic nitrogens is 2. The van der Waals surface area contributed by atoms with Gasteiger partial charge in [-0.2, -0.15) is 5.10 Å². The Morgan fingerprint density at radius 2 is 1.64 bits per heavy atom. The highest BCUT2D eigenvalue weighted by Crippen LogP contribution is 2.25. The van der Waals surface area contributed by atoms with Crippen molar-refractivity contribution >= 4 is 0 Å². The van der Waals surface area contributed by atoms with Crippen molar-refractivity contribution < 1.29 is 5.11 Å². The fourth-order valence-electron chi connectivity index (χ4n) is 3.40. The molecule has 1 saturated heterocycles. The van der Waals surface area contributed by atoms with Gasteiger partial charge < -0.3 is 10.0 Å². The van der Waals surface area contributed by atoms with Gasteiger partial charge in [-0.05, 0) is 63.5 Å². The number of unbranched alkanes of at least 4 members (excludes halogenated alkanes) is 3. The highest BCUT2D eigenvalue weighted by molar-refractivity contribution is 5.65. The van der Waals surface area contributed by atoms with Gasteiger partial charge in [-0.3, -0.25) is 4.79 Å². The average Bonchev–Trinajstić information content (AvgIpc) is 3.13. The maximum atomic E-state index is 12.0. The van der Waals surface area contributed by atoms with Crippen molar-refractivity contribution in [1.29, 1.82) is 0 Å². The van der Waals surface area contributed by atoms with Crippen LogP contribution in [0, 0.1) is 0 Å². The zero-order valence-electron chi connectivity index (χ0n) is 14.7. The standard InChI is InChI=1S/C20H27N3O2/c24-19-10-4-3-9-17(19)18-11-12-20(25)23(21-18)16-6-2-1-5-13-22-14-7-8-15-22/h3-4,9-12,24H,1-2,5-8,13-16H2. The van der Waals surface area contributed by atoms with E-state index in [0.717, 1.165) is 12.8 Å². The van der Waals surface area contributed by atoms with Crippen LogP contribution < -0.4 is 5.56 Å². The molecule has 0 saturated carbocycles. The number of aromatic hydroxyl groups is 1. The van der Waals surface area contributed by atoms with E-state index in [1.165, 1.54) is 56.1 Å². The molecule has 5 heteroatoms. The summed E-state index contributed by atoms with van der Waals surface area (Å²) in [6.07, 6.45) is 7.20. The monoisotopic (exact) mass is 341 g/mol. The Morgan fingerprint density at radius 1 is 0.920 bits per heavy atom. The Bertz CT molecular complexity index is 736. The summed E-state index contributed by atoms with van der Waals surface area (Å²) < 4.78 is 1.52. The minimum Gasteiger partial charge on any atom is -0.507 e. The van der Waals surface area contributed by atoms with Gasteiger partial charge >= 0.3 is 0 Å². The zero-order valence-corrected chi connectivity index (χ0v) is 14.7. The molecule has 1 N–H and O–H groups in total. The summed E-state index contributed by atoms with van der Waals surface area (Å²) >= 11 is 0. The molecule has 0 amide bonds. The van der Waals surface area contributed by atoms with Crippen molar-refractivity contribution in [3.63, 3.8) is 0 Å². The number of hydrogen-bond donors (Lipinski definition) is 1. The number of aryl methyl sites for hydroxylation is 1. The largest absolute Gasteiger partial charge is 0.507 e. The van der Waals surface area contributed by atoms with E-state index in [2.05, 4.69) is 10.00 Å². The van der Waals surface area contributed by atoms with Gasteiger partial charge in [-0.15, -0.1) is 0 Å². The van der Waals surface area contributed by atoms with E-state index in [4.69, 9.17) is 0 Å². The molecule has 1 aliphatic heterocycles. The van der Waals surface area contributed by atoms with E-state index in [0.29, 0.717) is 17.8 Å². The van der Waals surface area contributed by atoms with E-state index in [-0.39, 0.29) is 11.3 Å². The van der Waals surface area contributed by atoms with Crippen LogP contribution in [-0.2, 0) is 6.54 Å². The molecule has 5 nitrogen and oxygen atoms in total. The topological polar surface area (TPSA) is 58.4 Å². The molecular formula is C20H27N3O2. The second kappa shape index (κ2) is 8.81. The first kappa shape index (κ1) is 17.7. The van der Waals surface area contributed by atoms with Crippen molar-refractivity contribution in [2.75, 3.05) is 19.6 Å². The third-order valence-electron chi connectivity index (χ3n) is 4.84. The van der Waals surface area contributed by atoms with Gasteiger partial charge in [0.2, 0.25) is 0 Å². The van der Waals surface area contributed by atoms with Gasteiger partial charge in [0, 0.05) is 18.2 Å². The molecule has 0 unspecified atom stereocenters. The van der Waals surface area contributed by atoms with E-state index >= 15 is 0 Å². The Morgan fingerprint density at radius 3 is 2.40 bits per heavy atom. The number of likely N-dealkylation sites (tertiary alicyclic amines) is 1. The van der Waals surface area contributed by atoms with Crippen molar-refractivity contribution in [2.45, 2.75) is 45.1 Å². The minimum absolute atomic E-state index is 0.0868. The predicted molar refractivity (Wildman–Crippen MR) is 99.7 cm³/mol. The van der Waals surface area contributed by atoms with Crippen LogP contribution >= 0.6 is 0 Å². The molecule has 0 bridgehead atoms. The van der Waals surface area contributed by atoms with E-state index in [1.54, 1.807) is 18.2 Å². The Labute approximate surface area is 148 Å². The van der Waals surface area contributed by atoms with Crippen molar-refractivity contribution in [3.05, 3.63) is 46.8 Å². The first-order chi connectivity index (χ1) is 12.2. The van der Waals surface area contributed by atoms with E-state index in [9.17, 15) is 9.90 Å². The number of hydrogen-bond acceptors (Lipinski definition) is 4. The number of phenols is 1. The van der Waals surface area contributed by atoms with E-state index < -0.39 is 0 Å². The summed E-state index contributed by atoms with van der Waals surface area (Å²) in [5.74, 6) is 0.183. The molecule has 25 heavy (non-hydrogen) atoms. The van der Waals surface area contributed by atoms with Gasteiger partial charge in [0.05, 0.1) is 5.69 Å². The second-order valence-corrected chi connectivity index (χ2v) is 6.76. The summed E-state index contributed by atoms with van der Waals surface area (Å²) in [7, 11) is 0. The predicted octanol–water partition coefficient (Wildman–Crippen LogP) is 3.27. The SMILES string of the molecule is O=c1ccc(-c2ccccc2O)nn1CCCCCCN1CCCC1. The quantitative estimate of drug-likeness (QED) is 0.749. The maximum Gasteiger partial charge on any atom is 0.266 e. The average molecular weight is 341 g/mol. The molecule has 0 spiro atoms. The molecule has 1 fully saturated rings. The zero-order chi connectivity index (χ0) is 17.5. The van der Waals surface area contributed by atoms with Crippen LogP contribution in [0.1, 0.15) is 38.5 Å². The molecule has 2 heterocycles. The summed E-state index contributed by atoms with van der Waals surface area (Å²) in [5.41, 5.74) is 1.20. The summed E-state index contributed by atoms with van der Waals surface area (Å²) in [4.78, 5) is 14.6. The lowest BCUT2D eigenvalue weighted by atomic mass is 10.1. The smallest absolute Gasteiger partial charge is 0.266 e. The first-order valence-corrected chi connectivity index (χ1v) is 9.33. The molecule has 0 aliphatic carbocycles. The van der Waals surface area contributed by atoms with Gasteiger partial charge in [-0.1, -0.05) is 25.0 Å².